The molecule has 0 fully saturated rings. The van der Waals surface area contributed by atoms with Gasteiger partial charge in [-0.25, -0.2) is 4.09 Å². The molecular formula is C7H12N2S. The third kappa shape index (κ3) is 1.53. The molecule has 1 heterocycles. The van der Waals surface area contributed by atoms with Gasteiger partial charge in [0.25, 0.3) is 0 Å². The van der Waals surface area contributed by atoms with Crippen LogP contribution in [0.5, 0.6) is 0 Å². The van der Waals surface area contributed by atoms with Gasteiger partial charge in [0.05, 0.1) is 5.69 Å². The lowest BCUT2D eigenvalue weighted by Gasteiger charge is -2.13. The van der Waals surface area contributed by atoms with Gasteiger partial charge in [-0.3, -0.25) is 0 Å². The molecule has 0 atom stereocenters. The number of nitrogens with zero attached hydrogens (tertiary/aromatic N) is 2. The van der Waals surface area contributed by atoms with Crippen molar-refractivity contribution in [3.63, 3.8) is 0 Å². The van der Waals surface area contributed by atoms with Crippen LogP contribution in [0.25, 0.3) is 0 Å². The molecule has 2 nitrogen and oxygen atoms in total. The molecule has 0 radical (unpaired) electrons. The van der Waals surface area contributed by atoms with Crippen molar-refractivity contribution < 1.29 is 0 Å². The SMILES string of the molecule is CC(C)(C)c1ccn(S)n1. The lowest BCUT2D eigenvalue weighted by atomic mass is 9.93. The average molecular weight is 156 g/mol. The highest BCUT2D eigenvalue weighted by molar-refractivity contribution is 7.78. The molecule has 0 aliphatic heterocycles. The molecule has 0 aromatic carbocycles. The molecule has 10 heavy (non-hydrogen) atoms. The number of aromatic nitrogens is 2. The molecular weight excluding hydrogens is 144 g/mol. The standard InChI is InChI=1S/C7H12N2S/c1-7(2,3)6-4-5-9(10)8-6/h4-5,10H,1-3H3. The van der Waals surface area contributed by atoms with Gasteiger partial charge in [-0.2, -0.15) is 5.10 Å². The summed E-state index contributed by atoms with van der Waals surface area (Å²) in [5, 5.41) is 4.16. The highest BCUT2D eigenvalue weighted by atomic mass is 32.1. The largest absolute Gasteiger partial charge is 0.217 e. The zero-order chi connectivity index (χ0) is 7.78. The van der Waals surface area contributed by atoms with E-state index in [9.17, 15) is 0 Å². The van der Waals surface area contributed by atoms with Crippen LogP contribution in [0.1, 0.15) is 26.5 Å². The second-order valence-corrected chi connectivity index (χ2v) is 3.78. The van der Waals surface area contributed by atoms with Crippen molar-refractivity contribution in [2.45, 2.75) is 26.2 Å². The Morgan fingerprint density at radius 2 is 2.10 bits per heavy atom. The Morgan fingerprint density at radius 3 is 2.30 bits per heavy atom. The van der Waals surface area contributed by atoms with Gasteiger partial charge >= 0.3 is 0 Å². The molecule has 56 valence electrons. The zero-order valence-electron chi connectivity index (χ0n) is 6.50. The Morgan fingerprint density at radius 1 is 1.50 bits per heavy atom. The highest BCUT2D eigenvalue weighted by Crippen LogP contribution is 2.19. The van der Waals surface area contributed by atoms with Crippen molar-refractivity contribution >= 4 is 12.8 Å². The molecule has 1 aromatic heterocycles. The van der Waals surface area contributed by atoms with Gasteiger partial charge in [-0.05, 0) is 18.9 Å². The van der Waals surface area contributed by atoms with E-state index >= 15 is 0 Å². The van der Waals surface area contributed by atoms with Crippen LogP contribution in [-0.4, -0.2) is 9.19 Å². The maximum absolute atomic E-state index is 4.16. The van der Waals surface area contributed by atoms with E-state index in [0.717, 1.165) is 5.69 Å². The smallest absolute Gasteiger partial charge is 0.0688 e. The fourth-order valence-electron chi connectivity index (χ4n) is 0.714. The van der Waals surface area contributed by atoms with E-state index < -0.39 is 0 Å². The molecule has 3 heteroatoms. The molecule has 0 spiro atoms. The number of hydrogen-bond acceptors (Lipinski definition) is 2. The van der Waals surface area contributed by atoms with E-state index in [0.29, 0.717) is 0 Å². The summed E-state index contributed by atoms with van der Waals surface area (Å²) >= 11 is 4.04. The van der Waals surface area contributed by atoms with E-state index in [1.54, 1.807) is 0 Å². The van der Waals surface area contributed by atoms with Crippen molar-refractivity contribution in [1.82, 2.24) is 9.19 Å². The molecule has 0 N–H and O–H groups in total. The molecule has 1 rings (SSSR count). The predicted molar refractivity (Wildman–Crippen MR) is 45.3 cm³/mol. The first-order chi connectivity index (χ1) is 4.50. The van der Waals surface area contributed by atoms with Crippen molar-refractivity contribution in [3.8, 4) is 0 Å². The predicted octanol–water partition coefficient (Wildman–Crippen LogP) is 1.87. The van der Waals surface area contributed by atoms with Crippen LogP contribution >= 0.6 is 12.8 Å². The Hall–Kier alpha value is -0.440. The maximum Gasteiger partial charge on any atom is 0.0688 e. The van der Waals surface area contributed by atoms with E-state index in [-0.39, 0.29) is 5.41 Å². The molecule has 1 aromatic rings. The molecule has 0 unspecified atom stereocenters. The van der Waals surface area contributed by atoms with Crippen LogP contribution in [0, 0.1) is 0 Å². The Bertz CT molecular complexity index is 222. The van der Waals surface area contributed by atoms with Gasteiger partial charge in [0.2, 0.25) is 0 Å². The average Bonchev–Trinajstić information content (AvgIpc) is 2.11. The summed E-state index contributed by atoms with van der Waals surface area (Å²) in [5.74, 6) is 0. The fraction of sp³-hybridized carbons (Fsp3) is 0.571. The fourth-order valence-corrected chi connectivity index (χ4v) is 0.877. The Balaban J connectivity index is 2.96. The molecule has 0 amide bonds. The number of thiol groups is 1. The Labute approximate surface area is 66.8 Å². The van der Waals surface area contributed by atoms with Gasteiger partial charge in [0.15, 0.2) is 0 Å². The van der Waals surface area contributed by atoms with Crippen LogP contribution in [0.2, 0.25) is 0 Å². The van der Waals surface area contributed by atoms with E-state index in [2.05, 4.69) is 38.7 Å². The summed E-state index contributed by atoms with van der Waals surface area (Å²) in [6.07, 6.45) is 1.84. The Kier molecular flexibility index (Phi) is 1.77. The summed E-state index contributed by atoms with van der Waals surface area (Å²) in [4.78, 5) is 0. The normalized spacial score (nSPS) is 12.0. The van der Waals surface area contributed by atoms with Crippen LogP contribution in [0.15, 0.2) is 12.3 Å². The van der Waals surface area contributed by atoms with E-state index in [4.69, 9.17) is 0 Å². The molecule has 0 saturated heterocycles. The minimum Gasteiger partial charge on any atom is -0.217 e. The zero-order valence-corrected chi connectivity index (χ0v) is 7.39. The molecule has 0 aliphatic carbocycles. The van der Waals surface area contributed by atoms with E-state index in [1.165, 1.54) is 4.09 Å². The monoisotopic (exact) mass is 156 g/mol. The van der Waals surface area contributed by atoms with Crippen LogP contribution in [0.3, 0.4) is 0 Å². The topological polar surface area (TPSA) is 17.8 Å². The minimum atomic E-state index is 0.133. The summed E-state index contributed by atoms with van der Waals surface area (Å²) < 4.78 is 1.53. The third-order valence-electron chi connectivity index (χ3n) is 1.34. The summed E-state index contributed by atoms with van der Waals surface area (Å²) in [6.45, 7) is 6.38. The minimum absolute atomic E-state index is 0.133. The second kappa shape index (κ2) is 2.31. The van der Waals surface area contributed by atoms with Crippen LogP contribution in [-0.2, 0) is 5.41 Å². The summed E-state index contributed by atoms with van der Waals surface area (Å²) in [5.41, 5.74) is 1.20. The van der Waals surface area contributed by atoms with Gasteiger partial charge in [0, 0.05) is 11.6 Å². The quantitative estimate of drug-likeness (QED) is 0.568. The third-order valence-corrected chi connectivity index (χ3v) is 1.57. The number of hydrogen-bond donors (Lipinski definition) is 1. The summed E-state index contributed by atoms with van der Waals surface area (Å²) in [6, 6.07) is 1.98. The maximum atomic E-state index is 4.16. The van der Waals surface area contributed by atoms with Crippen molar-refractivity contribution in [2.75, 3.05) is 0 Å². The molecule has 0 saturated carbocycles. The molecule has 0 aliphatic rings. The van der Waals surface area contributed by atoms with Crippen molar-refractivity contribution in [1.29, 1.82) is 0 Å². The van der Waals surface area contributed by atoms with Gasteiger partial charge in [0.1, 0.15) is 0 Å². The lowest BCUT2D eigenvalue weighted by Crippen LogP contribution is -2.11. The highest BCUT2D eigenvalue weighted by Gasteiger charge is 2.15. The first-order valence-corrected chi connectivity index (χ1v) is 3.65. The van der Waals surface area contributed by atoms with Crippen LogP contribution in [0.4, 0.5) is 0 Å². The summed E-state index contributed by atoms with van der Waals surface area (Å²) in [7, 11) is 0. The first-order valence-electron chi connectivity index (χ1n) is 3.25. The molecule has 0 bridgehead atoms. The van der Waals surface area contributed by atoms with Crippen molar-refractivity contribution in [2.24, 2.45) is 0 Å². The number of rotatable bonds is 0. The second-order valence-electron chi connectivity index (χ2n) is 3.37. The lowest BCUT2D eigenvalue weighted by molar-refractivity contribution is 0.565. The van der Waals surface area contributed by atoms with Crippen LogP contribution < -0.4 is 0 Å². The van der Waals surface area contributed by atoms with Gasteiger partial charge in [-0.15, -0.1) is 0 Å². The first kappa shape index (κ1) is 7.66. The van der Waals surface area contributed by atoms with E-state index in [1.807, 2.05) is 12.3 Å². The van der Waals surface area contributed by atoms with Gasteiger partial charge in [-0.1, -0.05) is 20.8 Å². The van der Waals surface area contributed by atoms with Gasteiger partial charge < -0.3 is 0 Å². The van der Waals surface area contributed by atoms with Crippen molar-refractivity contribution in [3.05, 3.63) is 18.0 Å².